The molecule has 0 aromatic rings. The predicted molar refractivity (Wildman–Crippen MR) is 321 cm³/mol. The smallest absolute Gasteiger partial charge is 0.306 e. The lowest BCUT2D eigenvalue weighted by molar-refractivity contribution is -0.167. The minimum Gasteiger partial charge on any atom is -0.462 e. The maximum Gasteiger partial charge on any atom is 0.306 e. The van der Waals surface area contributed by atoms with E-state index in [1.54, 1.807) is 0 Å². The van der Waals surface area contributed by atoms with Crippen molar-refractivity contribution in [2.75, 3.05) is 13.2 Å². The van der Waals surface area contributed by atoms with Crippen molar-refractivity contribution in [2.24, 2.45) is 0 Å². The molecule has 1 unspecified atom stereocenters. The summed E-state index contributed by atoms with van der Waals surface area (Å²) in [5.41, 5.74) is 0. The zero-order valence-corrected chi connectivity index (χ0v) is 49.4. The molecule has 0 radical (unpaired) electrons. The van der Waals surface area contributed by atoms with Crippen molar-refractivity contribution >= 4 is 17.9 Å². The number of hydrogen-bond donors (Lipinski definition) is 0. The van der Waals surface area contributed by atoms with Gasteiger partial charge in [-0.15, -0.1) is 0 Å². The maximum absolute atomic E-state index is 12.9. The van der Waals surface area contributed by atoms with Gasteiger partial charge in [-0.05, 0) is 89.9 Å². The third-order valence-corrected chi connectivity index (χ3v) is 14.2. The number of rotatable bonds is 59. The van der Waals surface area contributed by atoms with Crippen molar-refractivity contribution in [3.63, 3.8) is 0 Å². The quantitative estimate of drug-likeness (QED) is 0.0261. The lowest BCUT2D eigenvalue weighted by atomic mass is 10.0. The monoisotopic (exact) mass is 1030 g/mol. The second-order valence-electron chi connectivity index (χ2n) is 21.7. The normalized spacial score (nSPS) is 12.4. The molecule has 0 heterocycles. The first-order valence-corrected chi connectivity index (χ1v) is 32.3. The first kappa shape index (κ1) is 71.1. The summed E-state index contributed by atoms with van der Waals surface area (Å²) in [6, 6.07) is 0. The Balaban J connectivity index is 4.37. The molecule has 0 aliphatic heterocycles. The van der Waals surface area contributed by atoms with Gasteiger partial charge in [-0.1, -0.05) is 287 Å². The van der Waals surface area contributed by atoms with Gasteiger partial charge in [-0.2, -0.15) is 0 Å². The average molecular weight is 1040 g/mol. The van der Waals surface area contributed by atoms with Gasteiger partial charge in [-0.3, -0.25) is 14.4 Å². The molecule has 0 aliphatic rings. The van der Waals surface area contributed by atoms with E-state index < -0.39 is 6.10 Å². The van der Waals surface area contributed by atoms with E-state index in [1.165, 1.54) is 193 Å². The summed E-state index contributed by atoms with van der Waals surface area (Å²) in [4.78, 5) is 38.3. The van der Waals surface area contributed by atoms with Crippen LogP contribution in [0.4, 0.5) is 0 Å². The minimum atomic E-state index is -0.787. The van der Waals surface area contributed by atoms with Crippen LogP contribution in [0.3, 0.4) is 0 Å². The topological polar surface area (TPSA) is 78.9 Å². The van der Waals surface area contributed by atoms with Gasteiger partial charge in [0, 0.05) is 19.3 Å². The van der Waals surface area contributed by atoms with Crippen molar-refractivity contribution < 1.29 is 28.6 Å². The molecule has 0 saturated heterocycles. The maximum atomic E-state index is 12.9. The molecule has 1 atom stereocenters. The van der Waals surface area contributed by atoms with Crippen LogP contribution < -0.4 is 0 Å². The molecule has 0 spiro atoms. The van der Waals surface area contributed by atoms with E-state index in [-0.39, 0.29) is 31.1 Å². The van der Waals surface area contributed by atoms with E-state index in [4.69, 9.17) is 14.2 Å². The number of hydrogen-bond acceptors (Lipinski definition) is 6. The molecule has 6 heteroatoms. The van der Waals surface area contributed by atoms with Crippen LogP contribution in [0.2, 0.25) is 0 Å². The van der Waals surface area contributed by atoms with E-state index in [0.29, 0.717) is 19.3 Å². The fourth-order valence-corrected chi connectivity index (χ4v) is 9.36. The van der Waals surface area contributed by atoms with Crippen LogP contribution >= 0.6 is 0 Å². The highest BCUT2D eigenvalue weighted by molar-refractivity contribution is 5.71. The van der Waals surface area contributed by atoms with Gasteiger partial charge in [0.05, 0.1) is 0 Å². The Bertz CT molecular complexity index is 1330. The van der Waals surface area contributed by atoms with Crippen molar-refractivity contribution in [3.05, 3.63) is 60.8 Å². The third-order valence-electron chi connectivity index (χ3n) is 14.2. The molecule has 0 bridgehead atoms. The Morgan fingerprint density at radius 3 is 0.797 bits per heavy atom. The Kier molecular flexibility index (Phi) is 60.2. The van der Waals surface area contributed by atoms with Crippen LogP contribution in [0, 0.1) is 0 Å². The molecule has 0 aromatic heterocycles. The lowest BCUT2D eigenvalue weighted by Gasteiger charge is -2.18. The standard InChI is InChI=1S/C68H122O6/c1-4-7-10-13-16-19-22-25-28-31-33-34-36-37-40-43-46-49-52-55-58-61-67(70)73-64-65(63-72-66(69)60-57-54-51-48-45-42-39-30-27-24-21-18-15-12-9-6-3)74-68(71)62-59-56-53-50-47-44-41-38-35-32-29-26-23-20-17-14-11-8-5-2/h17,20-21,24,26,29-30,35,38-39,65H,4-16,18-19,22-23,25,27-28,31-34,36-37,40-64H2,1-3H3/b20-17-,24-21-,29-26-,38-35-,39-30-. The first-order valence-electron chi connectivity index (χ1n) is 32.3. The third kappa shape index (κ3) is 60.0. The van der Waals surface area contributed by atoms with Gasteiger partial charge >= 0.3 is 17.9 Å². The van der Waals surface area contributed by atoms with E-state index in [0.717, 1.165) is 103 Å². The highest BCUT2D eigenvalue weighted by atomic mass is 16.6. The first-order chi connectivity index (χ1) is 36.5. The summed E-state index contributed by atoms with van der Waals surface area (Å²) in [7, 11) is 0. The fourth-order valence-electron chi connectivity index (χ4n) is 9.36. The van der Waals surface area contributed by atoms with Gasteiger partial charge in [0.25, 0.3) is 0 Å². The molecule has 0 saturated carbocycles. The summed E-state index contributed by atoms with van der Waals surface area (Å²) in [6.45, 7) is 6.62. The molecule has 0 amide bonds. The molecule has 0 rings (SSSR count). The van der Waals surface area contributed by atoms with Crippen LogP contribution in [-0.2, 0) is 28.6 Å². The molecule has 74 heavy (non-hydrogen) atoms. The van der Waals surface area contributed by atoms with Crippen LogP contribution in [0.5, 0.6) is 0 Å². The summed E-state index contributed by atoms with van der Waals surface area (Å²) in [5.74, 6) is -0.890. The van der Waals surface area contributed by atoms with Crippen molar-refractivity contribution in [1.29, 1.82) is 0 Å². The van der Waals surface area contributed by atoms with Crippen LogP contribution in [0.1, 0.15) is 335 Å². The second kappa shape index (κ2) is 62.6. The van der Waals surface area contributed by atoms with Crippen LogP contribution in [0.15, 0.2) is 60.8 Å². The highest BCUT2D eigenvalue weighted by Gasteiger charge is 2.19. The van der Waals surface area contributed by atoms with Crippen molar-refractivity contribution in [1.82, 2.24) is 0 Å². The van der Waals surface area contributed by atoms with Gasteiger partial charge in [0.15, 0.2) is 6.10 Å². The van der Waals surface area contributed by atoms with E-state index >= 15 is 0 Å². The largest absolute Gasteiger partial charge is 0.462 e. The van der Waals surface area contributed by atoms with Crippen LogP contribution in [-0.4, -0.2) is 37.2 Å². The Morgan fingerprint density at radius 1 is 0.270 bits per heavy atom. The summed E-state index contributed by atoms with van der Waals surface area (Å²) >= 11 is 0. The Hall–Kier alpha value is -2.89. The lowest BCUT2D eigenvalue weighted by Crippen LogP contribution is -2.30. The molecular weight excluding hydrogens is 913 g/mol. The summed E-state index contributed by atoms with van der Waals surface area (Å²) < 4.78 is 16.9. The SMILES string of the molecule is CCCCC/C=C\C/C=C\C/C=C\CCCCCCCCC(=O)OC(COC(=O)CCCCCCC/C=C\C/C=C\CCCCCC)COC(=O)CCCCCCCCCCCCCCCCCCCCCCC. The predicted octanol–water partition coefficient (Wildman–Crippen LogP) is 21.9. The molecular formula is C68H122O6. The van der Waals surface area contributed by atoms with Crippen molar-refractivity contribution in [2.45, 2.75) is 341 Å². The average Bonchev–Trinajstić information content (AvgIpc) is 3.40. The van der Waals surface area contributed by atoms with Crippen molar-refractivity contribution in [3.8, 4) is 0 Å². The van der Waals surface area contributed by atoms with Gasteiger partial charge < -0.3 is 14.2 Å². The molecule has 0 aliphatic carbocycles. The molecule has 0 N–H and O–H groups in total. The zero-order valence-electron chi connectivity index (χ0n) is 49.4. The fraction of sp³-hybridized carbons (Fsp3) is 0.809. The molecule has 0 fully saturated rings. The second-order valence-corrected chi connectivity index (χ2v) is 21.7. The van der Waals surface area contributed by atoms with Gasteiger partial charge in [0.2, 0.25) is 0 Å². The number of allylic oxidation sites excluding steroid dienone is 10. The van der Waals surface area contributed by atoms with Gasteiger partial charge in [0.1, 0.15) is 13.2 Å². The minimum absolute atomic E-state index is 0.0812. The Labute approximate surface area is 460 Å². The number of carbonyl (C=O) groups excluding carboxylic acids is 3. The molecule has 430 valence electrons. The molecule has 0 aromatic carbocycles. The number of carbonyl (C=O) groups is 3. The van der Waals surface area contributed by atoms with E-state index in [2.05, 4.69) is 81.5 Å². The van der Waals surface area contributed by atoms with E-state index in [9.17, 15) is 14.4 Å². The van der Waals surface area contributed by atoms with E-state index in [1.807, 2.05) is 0 Å². The van der Waals surface area contributed by atoms with Crippen LogP contribution in [0.25, 0.3) is 0 Å². The summed E-state index contributed by atoms with van der Waals surface area (Å²) in [5, 5.41) is 0. The number of ether oxygens (including phenoxy) is 3. The molecule has 6 nitrogen and oxygen atoms in total. The zero-order chi connectivity index (χ0) is 53.6. The van der Waals surface area contributed by atoms with Gasteiger partial charge in [-0.25, -0.2) is 0 Å². The summed E-state index contributed by atoms with van der Waals surface area (Å²) in [6.07, 6.45) is 79.3. The number of esters is 3. The Morgan fingerprint density at radius 2 is 0.486 bits per heavy atom. The highest BCUT2D eigenvalue weighted by Crippen LogP contribution is 2.17. The number of unbranched alkanes of at least 4 members (excludes halogenated alkanes) is 38.